The number of likely N-dealkylation sites (tertiary alicyclic amines) is 1. The van der Waals surface area contributed by atoms with Gasteiger partial charge in [0.2, 0.25) is 11.8 Å². The maximum Gasteiger partial charge on any atom is 0.343 e. The van der Waals surface area contributed by atoms with Crippen LogP contribution in [-0.4, -0.2) is 60.2 Å². The molecule has 0 spiro atoms. The summed E-state index contributed by atoms with van der Waals surface area (Å²) in [5.74, 6) is 0.679. The van der Waals surface area contributed by atoms with Crippen molar-refractivity contribution in [3.05, 3.63) is 54.1 Å². The zero-order valence-electron chi connectivity index (χ0n) is 19.6. The molecular weight excluding hydrogens is 508 g/mol. The van der Waals surface area contributed by atoms with Gasteiger partial charge in [0.1, 0.15) is 5.75 Å². The predicted octanol–water partition coefficient (Wildman–Crippen LogP) is 2.34. The normalized spacial score (nSPS) is 13.1. The van der Waals surface area contributed by atoms with E-state index in [1.165, 1.54) is 4.90 Å². The number of carbonyl (C=O) groups excluding carboxylic acids is 3. The van der Waals surface area contributed by atoms with Crippen molar-refractivity contribution in [3.63, 3.8) is 0 Å². The molecule has 11 nitrogen and oxygen atoms in total. The molecule has 0 unspecified atom stereocenters. The highest BCUT2D eigenvalue weighted by Crippen LogP contribution is 2.24. The second-order valence-electron chi connectivity index (χ2n) is 7.67. The number of aliphatic imine (C=N–C) groups is 1. The van der Waals surface area contributed by atoms with Crippen LogP contribution in [-0.2, 0) is 19.7 Å². The first-order valence-electron chi connectivity index (χ1n) is 10.8. The third-order valence-electron chi connectivity index (χ3n) is 4.60. The Labute approximate surface area is 213 Å². The van der Waals surface area contributed by atoms with Crippen molar-refractivity contribution in [2.75, 3.05) is 18.6 Å². The Balaban J connectivity index is 0.000000830. The molecule has 1 aliphatic rings. The summed E-state index contributed by atoms with van der Waals surface area (Å²) >= 11 is 1.67. The Kier molecular flexibility index (Phi) is 10.9. The molecule has 1 fully saturated rings. The fourth-order valence-corrected chi connectivity index (χ4v) is 3.94. The SMILES string of the molecule is CS(=O)(=O)O.NC(N)=Nc1ccc(C(=O)Oc2ccc(SCCCCN3C(=O)CCC3=O)cc2)cc1. The van der Waals surface area contributed by atoms with Crippen LogP contribution in [0.25, 0.3) is 0 Å². The number of nitrogens with zero attached hydrogens (tertiary/aromatic N) is 2. The van der Waals surface area contributed by atoms with Crippen LogP contribution in [0, 0.1) is 0 Å². The van der Waals surface area contributed by atoms with E-state index in [9.17, 15) is 22.8 Å². The van der Waals surface area contributed by atoms with E-state index < -0.39 is 16.1 Å². The van der Waals surface area contributed by atoms with Gasteiger partial charge in [-0.15, -0.1) is 11.8 Å². The number of nitrogens with two attached hydrogens (primary N) is 2. The molecule has 0 radical (unpaired) electrons. The fraction of sp³-hybridized carbons (Fsp3) is 0.304. The average molecular weight is 537 g/mol. The number of ether oxygens (including phenoxy) is 1. The lowest BCUT2D eigenvalue weighted by Crippen LogP contribution is -2.30. The summed E-state index contributed by atoms with van der Waals surface area (Å²) < 4.78 is 31.3. The van der Waals surface area contributed by atoms with Gasteiger partial charge in [0.05, 0.1) is 17.5 Å². The summed E-state index contributed by atoms with van der Waals surface area (Å²) in [7, 11) is -3.67. The molecule has 1 aliphatic heterocycles. The number of hydrogen-bond donors (Lipinski definition) is 3. The first-order valence-corrected chi connectivity index (χ1v) is 13.7. The number of thioether (sulfide) groups is 1. The molecule has 13 heteroatoms. The van der Waals surface area contributed by atoms with Crippen LogP contribution >= 0.6 is 11.8 Å². The lowest BCUT2D eigenvalue weighted by Gasteiger charge is -2.13. The molecule has 3 rings (SSSR count). The van der Waals surface area contributed by atoms with Gasteiger partial charge in [0, 0.05) is 24.3 Å². The molecule has 2 aromatic carbocycles. The molecule has 2 amide bonds. The number of amides is 2. The summed E-state index contributed by atoms with van der Waals surface area (Å²) in [4.78, 5) is 41.7. The molecular formula is C23H28N4O7S2. The van der Waals surface area contributed by atoms with Crippen LogP contribution in [0.3, 0.4) is 0 Å². The van der Waals surface area contributed by atoms with E-state index in [2.05, 4.69) is 4.99 Å². The van der Waals surface area contributed by atoms with E-state index in [0.29, 0.717) is 42.6 Å². The average Bonchev–Trinajstić information content (AvgIpc) is 3.11. The highest BCUT2D eigenvalue weighted by molar-refractivity contribution is 7.99. The number of hydrogen-bond acceptors (Lipinski definition) is 8. The van der Waals surface area contributed by atoms with Crippen molar-refractivity contribution in [1.29, 1.82) is 0 Å². The maximum atomic E-state index is 12.3. The van der Waals surface area contributed by atoms with Gasteiger partial charge in [-0.05, 0) is 67.1 Å². The Morgan fingerprint density at radius 3 is 2.11 bits per heavy atom. The Hall–Kier alpha value is -3.42. The molecule has 36 heavy (non-hydrogen) atoms. The number of benzene rings is 2. The van der Waals surface area contributed by atoms with Gasteiger partial charge in [-0.2, -0.15) is 8.42 Å². The molecule has 0 aromatic heterocycles. The third-order valence-corrected chi connectivity index (χ3v) is 5.69. The Morgan fingerprint density at radius 2 is 1.58 bits per heavy atom. The van der Waals surface area contributed by atoms with E-state index in [1.54, 1.807) is 48.2 Å². The lowest BCUT2D eigenvalue weighted by molar-refractivity contribution is -0.138. The van der Waals surface area contributed by atoms with Crippen LogP contribution in [0.15, 0.2) is 58.4 Å². The van der Waals surface area contributed by atoms with Crippen LogP contribution in [0.5, 0.6) is 5.75 Å². The first-order chi connectivity index (χ1) is 16.9. The number of carbonyl (C=O) groups is 3. The van der Waals surface area contributed by atoms with Gasteiger partial charge in [-0.3, -0.25) is 19.0 Å². The molecule has 5 N–H and O–H groups in total. The quantitative estimate of drug-likeness (QED) is 0.0628. The van der Waals surface area contributed by atoms with Crippen molar-refractivity contribution in [2.45, 2.75) is 30.6 Å². The van der Waals surface area contributed by atoms with E-state index in [4.69, 9.17) is 20.8 Å². The van der Waals surface area contributed by atoms with Gasteiger partial charge < -0.3 is 16.2 Å². The molecule has 1 heterocycles. The molecule has 0 aliphatic carbocycles. The van der Waals surface area contributed by atoms with Crippen molar-refractivity contribution in [3.8, 4) is 5.75 Å². The van der Waals surface area contributed by atoms with Gasteiger partial charge in [0.25, 0.3) is 10.1 Å². The summed E-state index contributed by atoms with van der Waals surface area (Å²) in [5.41, 5.74) is 11.6. The van der Waals surface area contributed by atoms with E-state index >= 15 is 0 Å². The molecule has 0 atom stereocenters. The van der Waals surface area contributed by atoms with Crippen molar-refractivity contribution in [1.82, 2.24) is 4.90 Å². The number of imide groups is 1. The highest BCUT2D eigenvalue weighted by Gasteiger charge is 2.27. The first kappa shape index (κ1) is 28.8. The maximum absolute atomic E-state index is 12.3. The van der Waals surface area contributed by atoms with Crippen molar-refractivity contribution >= 4 is 51.3 Å². The van der Waals surface area contributed by atoms with Gasteiger partial charge in [0.15, 0.2) is 5.96 Å². The van der Waals surface area contributed by atoms with Crippen molar-refractivity contribution in [2.24, 2.45) is 16.5 Å². The summed E-state index contributed by atoms with van der Waals surface area (Å²) in [5, 5.41) is 0. The highest BCUT2D eigenvalue weighted by atomic mass is 32.2. The summed E-state index contributed by atoms with van der Waals surface area (Å²) in [6.45, 7) is 0.500. The molecule has 194 valence electrons. The van der Waals surface area contributed by atoms with E-state index in [1.807, 2.05) is 12.1 Å². The van der Waals surface area contributed by atoms with E-state index in [-0.39, 0.29) is 17.8 Å². The number of rotatable bonds is 9. The Morgan fingerprint density at radius 1 is 1.03 bits per heavy atom. The molecule has 0 saturated carbocycles. The molecule has 1 saturated heterocycles. The largest absolute Gasteiger partial charge is 0.423 e. The third kappa shape index (κ3) is 10.9. The molecule has 2 aromatic rings. The smallest absolute Gasteiger partial charge is 0.343 e. The minimum absolute atomic E-state index is 0.0509. The fourth-order valence-electron chi connectivity index (χ4n) is 3.03. The second kappa shape index (κ2) is 13.6. The van der Waals surface area contributed by atoms with Crippen LogP contribution in [0.4, 0.5) is 5.69 Å². The Bertz CT molecular complexity index is 1170. The summed E-state index contributed by atoms with van der Waals surface area (Å²) in [6.07, 6.45) is 3.09. The van der Waals surface area contributed by atoms with Gasteiger partial charge in [-0.1, -0.05) is 0 Å². The standard InChI is InChI=1S/C22H24N4O4S.CH4O3S/c23-22(24)25-16-5-3-15(4-6-16)21(29)30-17-7-9-18(10-8-17)31-14-2-1-13-26-19(27)11-12-20(26)28;1-5(2,3)4/h3-10H,1-2,11-14H2,(H4,23,24,25);1H3,(H,2,3,4). The van der Waals surface area contributed by atoms with Crippen molar-refractivity contribution < 1.29 is 32.1 Å². The minimum atomic E-state index is -3.67. The van der Waals surface area contributed by atoms with Gasteiger partial charge in [-0.25, -0.2) is 9.79 Å². The number of guanidine groups is 1. The summed E-state index contributed by atoms with van der Waals surface area (Å²) in [6, 6.07) is 13.7. The lowest BCUT2D eigenvalue weighted by atomic mass is 10.2. The molecule has 0 bridgehead atoms. The minimum Gasteiger partial charge on any atom is -0.423 e. The van der Waals surface area contributed by atoms with E-state index in [0.717, 1.165) is 23.5 Å². The number of unbranched alkanes of at least 4 members (excludes halogenated alkanes) is 1. The number of esters is 1. The zero-order valence-corrected chi connectivity index (χ0v) is 21.3. The topological polar surface area (TPSA) is 182 Å². The van der Waals surface area contributed by atoms with Crippen LogP contribution in [0.2, 0.25) is 0 Å². The predicted molar refractivity (Wildman–Crippen MR) is 137 cm³/mol. The van der Waals surface area contributed by atoms with Gasteiger partial charge >= 0.3 is 5.97 Å². The van der Waals surface area contributed by atoms with Crippen LogP contribution < -0.4 is 16.2 Å². The zero-order chi connectivity index (χ0) is 26.7. The van der Waals surface area contributed by atoms with Crippen LogP contribution in [0.1, 0.15) is 36.0 Å². The monoisotopic (exact) mass is 536 g/mol. The second-order valence-corrected chi connectivity index (χ2v) is 10.3.